The number of hydrogen-bond donors (Lipinski definition) is 4. The van der Waals surface area contributed by atoms with Gasteiger partial charge in [0.1, 0.15) is 0 Å². The van der Waals surface area contributed by atoms with Crippen molar-refractivity contribution in [1.82, 2.24) is 10.6 Å². The number of anilines is 1. The largest absolute Gasteiger partial charge is 0.481 e. The second-order valence-electron chi connectivity index (χ2n) is 4.15. The van der Waals surface area contributed by atoms with Crippen molar-refractivity contribution in [3.05, 3.63) is 28.8 Å². The number of rotatable bonds is 6. The molecule has 8 heteroatoms. The van der Waals surface area contributed by atoms with E-state index in [9.17, 15) is 14.4 Å². The highest BCUT2D eigenvalue weighted by atomic mass is 35.5. The molecule has 0 bridgehead atoms. The van der Waals surface area contributed by atoms with Crippen molar-refractivity contribution in [2.24, 2.45) is 0 Å². The van der Waals surface area contributed by atoms with E-state index < -0.39 is 12.0 Å². The van der Waals surface area contributed by atoms with Gasteiger partial charge in [0, 0.05) is 25.6 Å². The second-order valence-corrected chi connectivity index (χ2v) is 4.56. The van der Waals surface area contributed by atoms with Gasteiger partial charge in [0.2, 0.25) is 0 Å². The third-order valence-corrected chi connectivity index (χ3v) is 2.89. The maximum absolute atomic E-state index is 11.6. The van der Waals surface area contributed by atoms with Crippen molar-refractivity contribution in [3.63, 3.8) is 0 Å². The van der Waals surface area contributed by atoms with Crippen LogP contribution in [0.3, 0.4) is 0 Å². The van der Waals surface area contributed by atoms with Crippen LogP contribution in [0.5, 0.6) is 0 Å². The molecular formula is C13H16ClN3O4. The van der Waals surface area contributed by atoms with Crippen LogP contribution in [-0.4, -0.2) is 36.6 Å². The lowest BCUT2D eigenvalue weighted by atomic mass is 10.2. The molecule has 1 rings (SSSR count). The van der Waals surface area contributed by atoms with E-state index in [-0.39, 0.29) is 18.9 Å². The van der Waals surface area contributed by atoms with Crippen molar-refractivity contribution in [2.45, 2.75) is 12.8 Å². The number of amides is 3. The zero-order valence-corrected chi connectivity index (χ0v) is 12.2. The van der Waals surface area contributed by atoms with E-state index in [4.69, 9.17) is 16.7 Å². The van der Waals surface area contributed by atoms with Gasteiger partial charge in [-0.2, -0.15) is 0 Å². The highest BCUT2D eigenvalue weighted by Gasteiger charge is 2.10. The van der Waals surface area contributed by atoms with Gasteiger partial charge in [-0.05, 0) is 24.6 Å². The van der Waals surface area contributed by atoms with Crippen LogP contribution in [0, 0.1) is 0 Å². The fourth-order valence-corrected chi connectivity index (χ4v) is 1.68. The first-order valence-corrected chi connectivity index (χ1v) is 6.60. The van der Waals surface area contributed by atoms with Gasteiger partial charge in [0.25, 0.3) is 5.91 Å². The van der Waals surface area contributed by atoms with Gasteiger partial charge in [-0.15, -0.1) is 0 Å². The molecule has 0 aliphatic rings. The molecule has 0 aliphatic carbocycles. The number of carboxylic acids is 1. The van der Waals surface area contributed by atoms with Crippen molar-refractivity contribution in [3.8, 4) is 0 Å². The first kappa shape index (κ1) is 16.8. The van der Waals surface area contributed by atoms with E-state index in [0.29, 0.717) is 22.7 Å². The Kier molecular flexibility index (Phi) is 6.48. The lowest BCUT2D eigenvalue weighted by Gasteiger charge is -2.10. The molecule has 1 aromatic carbocycles. The lowest BCUT2D eigenvalue weighted by molar-refractivity contribution is -0.137. The summed E-state index contributed by atoms with van der Waals surface area (Å²) in [6.45, 7) is 0.227. The number of hydrogen-bond acceptors (Lipinski definition) is 3. The molecule has 3 amide bonds. The average molecular weight is 314 g/mol. The van der Waals surface area contributed by atoms with Gasteiger partial charge in [-0.3, -0.25) is 9.59 Å². The van der Waals surface area contributed by atoms with Crippen molar-refractivity contribution < 1.29 is 19.5 Å². The number of carboxylic acid groups (broad SMARTS) is 1. The van der Waals surface area contributed by atoms with Crippen molar-refractivity contribution >= 4 is 35.2 Å². The summed E-state index contributed by atoms with van der Waals surface area (Å²) < 4.78 is 0. The minimum Gasteiger partial charge on any atom is -0.481 e. The zero-order valence-electron chi connectivity index (χ0n) is 11.4. The number of carbonyl (C=O) groups is 3. The number of aliphatic carboxylic acids is 1. The predicted molar refractivity (Wildman–Crippen MR) is 78.7 cm³/mol. The summed E-state index contributed by atoms with van der Waals surface area (Å²) in [6.07, 6.45) is 0.307. The number of nitrogens with one attached hydrogen (secondary N) is 3. The Morgan fingerprint density at radius 2 is 2.00 bits per heavy atom. The summed E-state index contributed by atoms with van der Waals surface area (Å²) in [5.41, 5.74) is 0.663. The Labute approximate surface area is 126 Å². The SMILES string of the molecule is CNC(=O)c1ccc(Cl)c(NC(=O)NCCCC(=O)O)c1. The summed E-state index contributed by atoms with van der Waals surface area (Å²) >= 11 is 5.94. The molecule has 114 valence electrons. The Morgan fingerprint density at radius 1 is 1.29 bits per heavy atom. The zero-order chi connectivity index (χ0) is 15.8. The lowest BCUT2D eigenvalue weighted by Crippen LogP contribution is -2.30. The standard InChI is InChI=1S/C13H16ClN3O4/c1-15-12(20)8-4-5-9(14)10(7-8)17-13(21)16-6-2-3-11(18)19/h4-5,7H,2-3,6H2,1H3,(H,15,20)(H,18,19)(H2,16,17,21). The number of benzene rings is 1. The molecule has 0 saturated heterocycles. The van der Waals surface area contributed by atoms with Crippen molar-refractivity contribution in [2.75, 3.05) is 18.9 Å². The number of halogens is 1. The fraction of sp³-hybridized carbons (Fsp3) is 0.308. The van der Waals surface area contributed by atoms with Gasteiger partial charge < -0.3 is 21.1 Å². The van der Waals surface area contributed by atoms with Crippen LogP contribution in [0.15, 0.2) is 18.2 Å². The van der Waals surface area contributed by atoms with Crippen LogP contribution in [0.1, 0.15) is 23.2 Å². The normalized spacial score (nSPS) is 9.81. The second kappa shape index (κ2) is 8.11. The number of urea groups is 1. The molecule has 1 aromatic rings. The predicted octanol–water partition coefficient (Wildman–Crippen LogP) is 1.69. The Balaban J connectivity index is 2.59. The maximum atomic E-state index is 11.6. The van der Waals surface area contributed by atoms with E-state index in [0.717, 1.165) is 0 Å². The molecule has 0 saturated carbocycles. The van der Waals surface area contributed by atoms with Crippen LogP contribution in [0.2, 0.25) is 5.02 Å². The van der Waals surface area contributed by atoms with Crippen LogP contribution >= 0.6 is 11.6 Å². The fourth-order valence-electron chi connectivity index (χ4n) is 1.51. The van der Waals surface area contributed by atoms with E-state index in [1.54, 1.807) is 0 Å². The summed E-state index contributed by atoms with van der Waals surface area (Å²) in [6, 6.07) is 3.98. The highest BCUT2D eigenvalue weighted by Crippen LogP contribution is 2.22. The van der Waals surface area contributed by atoms with Gasteiger partial charge in [0.15, 0.2) is 0 Å². The summed E-state index contributed by atoms with van der Waals surface area (Å²) in [5, 5.41) is 16.2. The minimum absolute atomic E-state index is 0.0206. The number of carbonyl (C=O) groups excluding carboxylic acids is 2. The van der Waals surface area contributed by atoms with Gasteiger partial charge in [0.05, 0.1) is 10.7 Å². The first-order valence-electron chi connectivity index (χ1n) is 6.22. The van der Waals surface area contributed by atoms with Gasteiger partial charge in [-0.1, -0.05) is 11.6 Å². The molecule has 0 radical (unpaired) electrons. The van der Waals surface area contributed by atoms with Crippen LogP contribution in [0.4, 0.5) is 10.5 Å². The smallest absolute Gasteiger partial charge is 0.319 e. The topological polar surface area (TPSA) is 108 Å². The van der Waals surface area contributed by atoms with E-state index >= 15 is 0 Å². The molecule has 0 spiro atoms. The van der Waals surface area contributed by atoms with Crippen LogP contribution in [-0.2, 0) is 4.79 Å². The Morgan fingerprint density at radius 3 is 2.62 bits per heavy atom. The van der Waals surface area contributed by atoms with Crippen LogP contribution in [0.25, 0.3) is 0 Å². The molecular weight excluding hydrogens is 298 g/mol. The summed E-state index contributed by atoms with van der Waals surface area (Å²) in [4.78, 5) is 33.5. The van der Waals surface area contributed by atoms with Crippen molar-refractivity contribution in [1.29, 1.82) is 0 Å². The maximum Gasteiger partial charge on any atom is 0.319 e. The molecule has 21 heavy (non-hydrogen) atoms. The molecule has 0 heterocycles. The monoisotopic (exact) mass is 313 g/mol. The summed E-state index contributed by atoms with van der Waals surface area (Å²) in [7, 11) is 1.50. The van der Waals surface area contributed by atoms with Crippen LogP contribution < -0.4 is 16.0 Å². The molecule has 0 atom stereocenters. The highest BCUT2D eigenvalue weighted by molar-refractivity contribution is 6.33. The molecule has 0 unspecified atom stereocenters. The summed E-state index contributed by atoms with van der Waals surface area (Å²) in [5.74, 6) is -1.21. The molecule has 0 aromatic heterocycles. The van der Waals surface area contributed by atoms with Gasteiger partial charge >= 0.3 is 12.0 Å². The Bertz CT molecular complexity index is 548. The molecule has 0 fully saturated rings. The average Bonchev–Trinajstić information content (AvgIpc) is 2.45. The first-order chi connectivity index (χ1) is 9.93. The quantitative estimate of drug-likeness (QED) is 0.599. The van der Waals surface area contributed by atoms with E-state index in [1.807, 2.05) is 0 Å². The molecule has 0 aliphatic heterocycles. The molecule has 7 nitrogen and oxygen atoms in total. The van der Waals surface area contributed by atoms with Gasteiger partial charge in [-0.25, -0.2) is 4.79 Å². The third kappa shape index (κ3) is 5.70. The van der Waals surface area contributed by atoms with E-state index in [1.165, 1.54) is 25.2 Å². The third-order valence-electron chi connectivity index (χ3n) is 2.56. The minimum atomic E-state index is -0.918. The van der Waals surface area contributed by atoms with E-state index in [2.05, 4.69) is 16.0 Å². The Hall–Kier alpha value is -2.28. The molecule has 4 N–H and O–H groups in total.